The van der Waals surface area contributed by atoms with E-state index >= 15 is 0 Å². The Morgan fingerprint density at radius 2 is 1.92 bits per heavy atom. The van der Waals surface area contributed by atoms with Crippen LogP contribution in [-0.4, -0.2) is 48.8 Å². The lowest BCUT2D eigenvalue weighted by Gasteiger charge is -2.21. The second kappa shape index (κ2) is 7.20. The summed E-state index contributed by atoms with van der Waals surface area (Å²) < 4.78 is 36.3. The SMILES string of the molecule is Cn1ccc(Nc2ccccc2NS(=O)(=O)N2CCCOCC2)n1. The van der Waals surface area contributed by atoms with E-state index in [4.69, 9.17) is 4.74 Å². The van der Waals surface area contributed by atoms with Crippen LogP contribution in [0, 0.1) is 0 Å². The Labute approximate surface area is 141 Å². The number of nitrogens with one attached hydrogen (secondary N) is 2. The quantitative estimate of drug-likeness (QED) is 0.853. The molecule has 24 heavy (non-hydrogen) atoms. The summed E-state index contributed by atoms with van der Waals surface area (Å²) in [7, 11) is -1.81. The molecule has 1 aromatic heterocycles. The Morgan fingerprint density at radius 1 is 1.12 bits per heavy atom. The molecule has 1 aliphatic heterocycles. The zero-order chi connectivity index (χ0) is 17.0. The van der Waals surface area contributed by atoms with Crippen LogP contribution < -0.4 is 10.0 Å². The maximum atomic E-state index is 12.6. The van der Waals surface area contributed by atoms with Gasteiger partial charge in [-0.1, -0.05) is 12.1 Å². The maximum Gasteiger partial charge on any atom is 0.301 e. The lowest BCUT2D eigenvalue weighted by atomic mass is 10.3. The summed E-state index contributed by atoms with van der Waals surface area (Å²) in [5.41, 5.74) is 1.12. The lowest BCUT2D eigenvalue weighted by molar-refractivity contribution is 0.148. The molecule has 130 valence electrons. The number of aromatic nitrogens is 2. The molecule has 2 aromatic rings. The van der Waals surface area contributed by atoms with E-state index in [0.717, 1.165) is 0 Å². The molecule has 0 bridgehead atoms. The van der Waals surface area contributed by atoms with Gasteiger partial charge in [-0.25, -0.2) is 0 Å². The van der Waals surface area contributed by atoms with Gasteiger partial charge >= 0.3 is 10.2 Å². The van der Waals surface area contributed by atoms with Crippen LogP contribution >= 0.6 is 0 Å². The van der Waals surface area contributed by atoms with Crippen LogP contribution in [0.2, 0.25) is 0 Å². The Balaban J connectivity index is 1.79. The third kappa shape index (κ3) is 4.05. The number of rotatable bonds is 5. The van der Waals surface area contributed by atoms with Crippen molar-refractivity contribution in [1.29, 1.82) is 0 Å². The number of aryl methyl sites for hydroxylation is 1. The molecule has 0 unspecified atom stereocenters. The van der Waals surface area contributed by atoms with Gasteiger partial charge < -0.3 is 10.1 Å². The number of anilines is 3. The van der Waals surface area contributed by atoms with Gasteiger partial charge in [-0.05, 0) is 18.6 Å². The molecule has 0 spiro atoms. The summed E-state index contributed by atoms with van der Waals surface area (Å²) in [6, 6.07) is 8.96. The molecule has 0 aliphatic carbocycles. The largest absolute Gasteiger partial charge is 0.380 e. The average molecular weight is 351 g/mol. The van der Waals surface area contributed by atoms with E-state index < -0.39 is 10.2 Å². The minimum absolute atomic E-state index is 0.352. The third-order valence-corrected chi connectivity index (χ3v) is 5.19. The number of para-hydroxylation sites is 2. The number of hydrogen-bond acceptors (Lipinski definition) is 5. The number of benzene rings is 1. The van der Waals surface area contributed by atoms with Gasteiger partial charge in [-0.15, -0.1) is 0 Å². The highest BCUT2D eigenvalue weighted by atomic mass is 32.2. The molecule has 2 N–H and O–H groups in total. The second-order valence-corrected chi connectivity index (χ2v) is 7.19. The Morgan fingerprint density at radius 3 is 2.67 bits per heavy atom. The highest BCUT2D eigenvalue weighted by Crippen LogP contribution is 2.26. The molecule has 8 nitrogen and oxygen atoms in total. The second-order valence-electron chi connectivity index (χ2n) is 5.52. The summed E-state index contributed by atoms with van der Waals surface area (Å²) in [5, 5.41) is 7.38. The standard InChI is InChI=1S/C15H21N5O3S/c1-19-9-7-15(17-19)16-13-5-2-3-6-14(13)18-24(21,22)20-8-4-11-23-12-10-20/h2-3,5-7,9,18H,4,8,10-12H2,1H3,(H,16,17). The first kappa shape index (κ1) is 16.7. The van der Waals surface area contributed by atoms with Gasteiger partial charge in [-0.3, -0.25) is 9.40 Å². The minimum Gasteiger partial charge on any atom is -0.380 e. The van der Waals surface area contributed by atoms with Crippen molar-refractivity contribution in [2.24, 2.45) is 7.05 Å². The highest BCUT2D eigenvalue weighted by molar-refractivity contribution is 7.90. The smallest absolute Gasteiger partial charge is 0.301 e. The summed E-state index contributed by atoms with van der Waals surface area (Å²) >= 11 is 0. The molecular formula is C15H21N5O3S. The van der Waals surface area contributed by atoms with Crippen LogP contribution in [0.5, 0.6) is 0 Å². The third-order valence-electron chi connectivity index (χ3n) is 3.66. The maximum absolute atomic E-state index is 12.6. The predicted octanol–water partition coefficient (Wildman–Crippen LogP) is 1.54. The van der Waals surface area contributed by atoms with E-state index in [1.807, 2.05) is 25.4 Å². The number of hydrogen-bond donors (Lipinski definition) is 2. The van der Waals surface area contributed by atoms with Gasteiger partial charge in [0.2, 0.25) is 0 Å². The van der Waals surface area contributed by atoms with E-state index in [2.05, 4.69) is 15.1 Å². The molecular weight excluding hydrogens is 330 g/mol. The van der Waals surface area contributed by atoms with Crippen LogP contribution in [-0.2, 0) is 22.0 Å². The van der Waals surface area contributed by atoms with E-state index in [1.54, 1.807) is 22.9 Å². The van der Waals surface area contributed by atoms with Crippen LogP contribution in [0.15, 0.2) is 36.5 Å². The van der Waals surface area contributed by atoms with E-state index in [-0.39, 0.29) is 0 Å². The fraction of sp³-hybridized carbons (Fsp3) is 0.400. The monoisotopic (exact) mass is 351 g/mol. The molecule has 0 radical (unpaired) electrons. The van der Waals surface area contributed by atoms with Crippen molar-refractivity contribution >= 4 is 27.4 Å². The first-order valence-electron chi connectivity index (χ1n) is 7.76. The summed E-state index contributed by atoms with van der Waals surface area (Å²) in [5.74, 6) is 0.646. The molecule has 0 atom stereocenters. The van der Waals surface area contributed by atoms with Crippen molar-refractivity contribution < 1.29 is 13.2 Å². The summed E-state index contributed by atoms with van der Waals surface area (Å²) in [6.45, 7) is 1.80. The van der Waals surface area contributed by atoms with E-state index in [9.17, 15) is 8.42 Å². The molecule has 0 amide bonds. The Hall–Kier alpha value is -2.10. The average Bonchev–Trinajstić information content (AvgIpc) is 2.79. The Bertz CT molecular complexity index is 782. The summed E-state index contributed by atoms with van der Waals surface area (Å²) in [6.07, 6.45) is 2.50. The molecule has 1 fully saturated rings. The minimum atomic E-state index is -3.63. The van der Waals surface area contributed by atoms with Crippen molar-refractivity contribution in [2.45, 2.75) is 6.42 Å². The van der Waals surface area contributed by atoms with Crippen LogP contribution in [0.4, 0.5) is 17.2 Å². The molecule has 3 rings (SSSR count). The Kier molecular flexibility index (Phi) is 5.03. The zero-order valence-corrected chi connectivity index (χ0v) is 14.3. The normalized spacial score (nSPS) is 16.5. The molecule has 0 saturated carbocycles. The molecule has 1 aliphatic rings. The van der Waals surface area contributed by atoms with Gasteiger partial charge in [0, 0.05) is 39.0 Å². The van der Waals surface area contributed by atoms with Crippen molar-refractivity contribution in [3.8, 4) is 0 Å². The van der Waals surface area contributed by atoms with Gasteiger partial charge in [0.05, 0.1) is 18.0 Å². The highest BCUT2D eigenvalue weighted by Gasteiger charge is 2.24. The van der Waals surface area contributed by atoms with E-state index in [1.165, 1.54) is 4.31 Å². The van der Waals surface area contributed by atoms with Gasteiger partial charge in [-0.2, -0.15) is 17.8 Å². The predicted molar refractivity (Wildman–Crippen MR) is 92.5 cm³/mol. The van der Waals surface area contributed by atoms with Gasteiger partial charge in [0.15, 0.2) is 5.82 Å². The van der Waals surface area contributed by atoms with Gasteiger partial charge in [0.1, 0.15) is 0 Å². The summed E-state index contributed by atoms with van der Waals surface area (Å²) in [4.78, 5) is 0. The molecule has 1 aromatic carbocycles. The van der Waals surface area contributed by atoms with E-state index in [0.29, 0.717) is 49.9 Å². The van der Waals surface area contributed by atoms with Crippen molar-refractivity contribution in [3.05, 3.63) is 36.5 Å². The number of nitrogens with zero attached hydrogens (tertiary/aromatic N) is 3. The first-order chi connectivity index (χ1) is 11.5. The number of ether oxygens (including phenoxy) is 1. The van der Waals surface area contributed by atoms with Crippen LogP contribution in [0.25, 0.3) is 0 Å². The first-order valence-corrected chi connectivity index (χ1v) is 9.20. The zero-order valence-electron chi connectivity index (χ0n) is 13.5. The van der Waals surface area contributed by atoms with Crippen molar-refractivity contribution in [3.63, 3.8) is 0 Å². The lowest BCUT2D eigenvalue weighted by Crippen LogP contribution is -2.37. The van der Waals surface area contributed by atoms with Gasteiger partial charge in [0.25, 0.3) is 0 Å². The topological polar surface area (TPSA) is 88.5 Å². The fourth-order valence-electron chi connectivity index (χ4n) is 2.47. The van der Waals surface area contributed by atoms with Crippen molar-refractivity contribution in [1.82, 2.24) is 14.1 Å². The molecule has 9 heteroatoms. The fourth-order valence-corrected chi connectivity index (χ4v) is 3.74. The van der Waals surface area contributed by atoms with Crippen molar-refractivity contribution in [2.75, 3.05) is 36.3 Å². The molecule has 2 heterocycles. The van der Waals surface area contributed by atoms with Crippen LogP contribution in [0.3, 0.4) is 0 Å². The van der Waals surface area contributed by atoms with Crippen LogP contribution in [0.1, 0.15) is 6.42 Å². The molecule has 1 saturated heterocycles.